The van der Waals surface area contributed by atoms with Crippen molar-refractivity contribution in [2.45, 2.75) is 64.5 Å². The zero-order valence-corrected chi connectivity index (χ0v) is 17.5. The van der Waals surface area contributed by atoms with Gasteiger partial charge < -0.3 is 19.9 Å². The molecule has 0 radical (unpaired) electrons. The average Bonchev–Trinajstić information content (AvgIpc) is 3.18. The molecule has 1 aromatic heterocycles. The van der Waals surface area contributed by atoms with Crippen molar-refractivity contribution in [2.24, 2.45) is 4.99 Å². The first kappa shape index (κ1) is 20.4. The van der Waals surface area contributed by atoms with Gasteiger partial charge in [-0.1, -0.05) is 6.42 Å². The zero-order chi connectivity index (χ0) is 16.6. The summed E-state index contributed by atoms with van der Waals surface area (Å²) in [4.78, 5) is 4.64. The minimum atomic E-state index is 0. The second-order valence-corrected chi connectivity index (χ2v) is 6.53. The summed E-state index contributed by atoms with van der Waals surface area (Å²) in [7, 11) is 0. The van der Waals surface area contributed by atoms with Gasteiger partial charge in [0.05, 0.1) is 12.6 Å². The highest BCUT2D eigenvalue weighted by molar-refractivity contribution is 14.0. The predicted molar refractivity (Wildman–Crippen MR) is 110 cm³/mol. The van der Waals surface area contributed by atoms with Gasteiger partial charge in [-0.05, 0) is 32.6 Å². The van der Waals surface area contributed by atoms with Crippen molar-refractivity contribution in [1.82, 2.24) is 25.4 Å². The van der Waals surface area contributed by atoms with Crippen LogP contribution in [0.2, 0.25) is 0 Å². The molecule has 8 heteroatoms. The number of aromatic nitrogens is 3. The van der Waals surface area contributed by atoms with Gasteiger partial charge in [-0.15, -0.1) is 34.2 Å². The number of hydrogen-bond donors (Lipinski definition) is 2. The highest BCUT2D eigenvalue weighted by Crippen LogP contribution is 2.14. The van der Waals surface area contributed by atoms with E-state index >= 15 is 0 Å². The topological polar surface area (TPSA) is 76.4 Å². The van der Waals surface area contributed by atoms with E-state index in [4.69, 9.17) is 4.74 Å². The maximum absolute atomic E-state index is 5.63. The lowest BCUT2D eigenvalue weighted by molar-refractivity contribution is 0.117. The fourth-order valence-electron chi connectivity index (χ4n) is 3.35. The predicted octanol–water partition coefficient (Wildman–Crippen LogP) is 1.90. The van der Waals surface area contributed by atoms with Crippen molar-refractivity contribution in [3.8, 4) is 0 Å². The molecule has 0 amide bonds. The van der Waals surface area contributed by atoms with E-state index in [1.165, 1.54) is 19.3 Å². The molecule has 25 heavy (non-hydrogen) atoms. The van der Waals surface area contributed by atoms with Crippen LogP contribution in [0.1, 0.15) is 50.7 Å². The smallest absolute Gasteiger partial charge is 0.191 e. The molecule has 1 saturated heterocycles. The number of hydrogen-bond acceptors (Lipinski definition) is 4. The van der Waals surface area contributed by atoms with Gasteiger partial charge in [0.2, 0.25) is 0 Å². The Labute approximate surface area is 167 Å². The molecule has 0 saturated carbocycles. The van der Waals surface area contributed by atoms with E-state index in [1.807, 2.05) is 0 Å². The summed E-state index contributed by atoms with van der Waals surface area (Å²) >= 11 is 0. The van der Waals surface area contributed by atoms with Gasteiger partial charge in [0, 0.05) is 39.1 Å². The molecule has 0 spiro atoms. The Morgan fingerprint density at radius 1 is 1.24 bits per heavy atom. The van der Waals surface area contributed by atoms with E-state index in [0.717, 1.165) is 76.1 Å². The quantitative estimate of drug-likeness (QED) is 0.384. The van der Waals surface area contributed by atoms with Crippen molar-refractivity contribution in [3.63, 3.8) is 0 Å². The maximum atomic E-state index is 5.63. The standard InChI is InChI=1S/C17H30N6O.HI/c1-2-18-17(20-13-14-7-6-12-24-14)19-10-9-16-22-21-15-8-4-3-5-11-23(15)16;/h14H,2-13H2,1H3,(H2,18,19,20);1H. The summed E-state index contributed by atoms with van der Waals surface area (Å²) in [6.07, 6.45) is 8.25. The van der Waals surface area contributed by atoms with Crippen LogP contribution in [-0.4, -0.2) is 53.1 Å². The summed E-state index contributed by atoms with van der Waals surface area (Å²) in [5.41, 5.74) is 0. The molecule has 0 aliphatic carbocycles. The van der Waals surface area contributed by atoms with Gasteiger partial charge in [-0.3, -0.25) is 4.99 Å². The number of fused-ring (bicyclic) bond motifs is 1. The zero-order valence-electron chi connectivity index (χ0n) is 15.2. The largest absolute Gasteiger partial charge is 0.376 e. The van der Waals surface area contributed by atoms with E-state index in [2.05, 4.69) is 37.3 Å². The number of aliphatic imine (C=N–C) groups is 1. The lowest BCUT2D eigenvalue weighted by Crippen LogP contribution is -2.39. The average molecular weight is 462 g/mol. The maximum Gasteiger partial charge on any atom is 0.191 e. The molecule has 1 aromatic rings. The molecular formula is C17H31IN6O. The van der Waals surface area contributed by atoms with Crippen LogP contribution in [0, 0.1) is 0 Å². The number of ether oxygens (including phenoxy) is 1. The Balaban J connectivity index is 0.00000225. The lowest BCUT2D eigenvalue weighted by atomic mass is 10.2. The molecule has 7 nitrogen and oxygen atoms in total. The number of nitrogens with zero attached hydrogens (tertiary/aromatic N) is 4. The fourth-order valence-corrected chi connectivity index (χ4v) is 3.35. The molecule has 1 unspecified atom stereocenters. The Bertz CT molecular complexity index is 541. The first-order valence-electron chi connectivity index (χ1n) is 9.41. The fraction of sp³-hybridized carbons (Fsp3) is 0.824. The summed E-state index contributed by atoms with van der Waals surface area (Å²) in [5, 5.41) is 15.5. The number of nitrogens with one attached hydrogen (secondary N) is 2. The van der Waals surface area contributed by atoms with Crippen LogP contribution in [0.15, 0.2) is 4.99 Å². The van der Waals surface area contributed by atoms with Crippen LogP contribution in [0.3, 0.4) is 0 Å². The molecule has 2 aliphatic rings. The van der Waals surface area contributed by atoms with Gasteiger partial charge in [-0.2, -0.15) is 0 Å². The molecule has 1 atom stereocenters. The van der Waals surface area contributed by atoms with E-state index in [9.17, 15) is 0 Å². The minimum Gasteiger partial charge on any atom is -0.376 e. The van der Waals surface area contributed by atoms with Crippen LogP contribution in [0.25, 0.3) is 0 Å². The van der Waals surface area contributed by atoms with Gasteiger partial charge in [0.1, 0.15) is 11.6 Å². The Kier molecular flexibility index (Phi) is 8.94. The summed E-state index contributed by atoms with van der Waals surface area (Å²) in [6, 6.07) is 0. The first-order chi connectivity index (χ1) is 11.9. The van der Waals surface area contributed by atoms with Crippen LogP contribution in [0.5, 0.6) is 0 Å². The molecule has 142 valence electrons. The van der Waals surface area contributed by atoms with Crippen molar-refractivity contribution >= 4 is 29.9 Å². The van der Waals surface area contributed by atoms with Crippen LogP contribution in [-0.2, 0) is 24.1 Å². The summed E-state index contributed by atoms with van der Waals surface area (Å²) in [6.45, 7) is 6.43. The summed E-state index contributed by atoms with van der Waals surface area (Å²) < 4.78 is 7.95. The second kappa shape index (κ2) is 10.9. The highest BCUT2D eigenvalue weighted by Gasteiger charge is 2.16. The van der Waals surface area contributed by atoms with E-state index < -0.39 is 0 Å². The molecule has 0 bridgehead atoms. The minimum absolute atomic E-state index is 0. The third-order valence-electron chi connectivity index (χ3n) is 4.65. The van der Waals surface area contributed by atoms with E-state index in [0.29, 0.717) is 0 Å². The number of guanidine groups is 1. The van der Waals surface area contributed by atoms with Crippen LogP contribution < -0.4 is 10.6 Å². The third-order valence-corrected chi connectivity index (χ3v) is 4.65. The first-order valence-corrected chi connectivity index (χ1v) is 9.41. The van der Waals surface area contributed by atoms with Crippen LogP contribution in [0.4, 0.5) is 0 Å². The molecule has 2 aliphatic heterocycles. The molecule has 1 fully saturated rings. The van der Waals surface area contributed by atoms with Crippen molar-refractivity contribution in [3.05, 3.63) is 11.6 Å². The molecule has 3 rings (SSSR count). The van der Waals surface area contributed by atoms with E-state index in [1.54, 1.807) is 0 Å². The van der Waals surface area contributed by atoms with E-state index in [-0.39, 0.29) is 30.1 Å². The second-order valence-electron chi connectivity index (χ2n) is 6.53. The number of aryl methyl sites for hydroxylation is 1. The Morgan fingerprint density at radius 3 is 2.96 bits per heavy atom. The lowest BCUT2D eigenvalue weighted by Gasteiger charge is -2.13. The normalized spacial score (nSPS) is 20.5. The Hall–Kier alpha value is -0.900. The third kappa shape index (κ3) is 6.09. The highest BCUT2D eigenvalue weighted by atomic mass is 127. The monoisotopic (exact) mass is 462 g/mol. The van der Waals surface area contributed by atoms with Gasteiger partial charge >= 0.3 is 0 Å². The molecular weight excluding hydrogens is 431 g/mol. The Morgan fingerprint density at radius 2 is 2.16 bits per heavy atom. The molecule has 0 aromatic carbocycles. The number of rotatable bonds is 6. The van der Waals surface area contributed by atoms with Crippen molar-refractivity contribution in [2.75, 3.05) is 26.2 Å². The number of halogens is 1. The van der Waals surface area contributed by atoms with Crippen LogP contribution >= 0.6 is 24.0 Å². The van der Waals surface area contributed by atoms with Gasteiger partial charge in [0.15, 0.2) is 5.96 Å². The van der Waals surface area contributed by atoms with Gasteiger partial charge in [-0.25, -0.2) is 0 Å². The van der Waals surface area contributed by atoms with Crippen molar-refractivity contribution in [1.29, 1.82) is 0 Å². The van der Waals surface area contributed by atoms with Gasteiger partial charge in [0.25, 0.3) is 0 Å². The summed E-state index contributed by atoms with van der Waals surface area (Å²) in [5.74, 6) is 3.11. The SMILES string of the molecule is CCNC(=NCC1CCCO1)NCCc1nnc2n1CCCCC2.I. The van der Waals surface area contributed by atoms with Crippen molar-refractivity contribution < 1.29 is 4.74 Å². The molecule has 3 heterocycles. The molecule has 2 N–H and O–H groups in total.